The van der Waals surface area contributed by atoms with Crippen molar-refractivity contribution in [2.45, 2.75) is 13.8 Å². The van der Waals surface area contributed by atoms with Gasteiger partial charge >= 0.3 is 5.90 Å². The van der Waals surface area contributed by atoms with Crippen molar-refractivity contribution in [2.75, 3.05) is 13.2 Å². The van der Waals surface area contributed by atoms with Gasteiger partial charge in [0.25, 0.3) is 5.76 Å². The fourth-order valence-electron chi connectivity index (χ4n) is 0.958. The minimum absolute atomic E-state index is 0.0469. The summed E-state index contributed by atoms with van der Waals surface area (Å²) in [5, 5.41) is 21.3. The van der Waals surface area contributed by atoms with Crippen LogP contribution in [0.25, 0.3) is 0 Å². The van der Waals surface area contributed by atoms with Gasteiger partial charge in [0.05, 0.1) is 13.2 Å². The zero-order valence-corrected chi connectivity index (χ0v) is 7.57. The standard InChI is InChI=1S/C7H12N2O4/c1-3-12-6-5-8(10)9(11)7(6)13-4-2/h5,8H,3-4H2,1-2H3. The maximum Gasteiger partial charge on any atom is 0.481 e. The number of hydrogen-bond acceptors (Lipinski definition) is 4. The number of hydrogen-bond donors (Lipinski definition) is 1. The van der Waals surface area contributed by atoms with Crippen molar-refractivity contribution in [1.82, 2.24) is 0 Å². The molecule has 6 nitrogen and oxygen atoms in total. The zero-order valence-electron chi connectivity index (χ0n) is 7.57. The fraction of sp³-hybridized carbons (Fsp3) is 0.571. The summed E-state index contributed by atoms with van der Waals surface area (Å²) in [6.07, 6.45) is 1.13. The second kappa shape index (κ2) is 4.11. The van der Waals surface area contributed by atoms with E-state index in [2.05, 4.69) is 0 Å². The molecule has 1 N–H and O–H groups in total. The highest BCUT2D eigenvalue weighted by Crippen LogP contribution is 2.03. The molecular weight excluding hydrogens is 176 g/mol. The van der Waals surface area contributed by atoms with E-state index in [0.29, 0.717) is 13.2 Å². The van der Waals surface area contributed by atoms with Crippen LogP contribution in [-0.4, -0.2) is 24.0 Å². The molecule has 0 radical (unpaired) electrons. The summed E-state index contributed by atoms with van der Waals surface area (Å²) in [5.41, 5.74) is 0. The Balaban J connectivity index is 2.78. The molecule has 0 aliphatic carbocycles. The molecule has 1 atom stereocenters. The van der Waals surface area contributed by atoms with E-state index in [4.69, 9.17) is 9.47 Å². The van der Waals surface area contributed by atoms with E-state index >= 15 is 0 Å². The first-order chi connectivity index (χ1) is 6.20. The van der Waals surface area contributed by atoms with Crippen LogP contribution < -0.4 is 5.17 Å². The number of hydroxylamine groups is 1. The summed E-state index contributed by atoms with van der Waals surface area (Å²) in [6, 6.07) is 0. The Morgan fingerprint density at radius 1 is 1.38 bits per heavy atom. The van der Waals surface area contributed by atoms with Gasteiger partial charge in [-0.2, -0.15) is 0 Å². The van der Waals surface area contributed by atoms with Gasteiger partial charge < -0.3 is 19.9 Å². The van der Waals surface area contributed by atoms with Gasteiger partial charge in [-0.1, -0.05) is 5.17 Å². The molecular formula is C7H12N2O4. The zero-order chi connectivity index (χ0) is 9.84. The highest BCUT2D eigenvalue weighted by Gasteiger charge is 2.33. The van der Waals surface area contributed by atoms with E-state index in [1.165, 1.54) is 0 Å². The Hall–Kier alpha value is -1.27. The van der Waals surface area contributed by atoms with Crippen LogP contribution in [0.1, 0.15) is 13.8 Å². The maximum absolute atomic E-state index is 11.1. The minimum atomic E-state index is -0.660. The highest BCUT2D eigenvalue weighted by molar-refractivity contribution is 5.87. The largest absolute Gasteiger partial charge is 0.569 e. The molecule has 1 aliphatic rings. The average Bonchev–Trinajstić information content (AvgIpc) is 2.34. The Bertz CT molecular complexity index is 249. The van der Waals surface area contributed by atoms with Crippen LogP contribution in [0.15, 0.2) is 12.0 Å². The fourth-order valence-corrected chi connectivity index (χ4v) is 0.958. The van der Waals surface area contributed by atoms with Crippen molar-refractivity contribution in [2.24, 2.45) is 0 Å². The monoisotopic (exact) mass is 188 g/mol. The van der Waals surface area contributed by atoms with E-state index in [-0.39, 0.29) is 16.5 Å². The molecule has 0 aromatic rings. The number of ether oxygens (including phenoxy) is 2. The Kier molecular flexibility index (Phi) is 3.10. The summed E-state index contributed by atoms with van der Waals surface area (Å²) < 4.78 is 10.0. The van der Waals surface area contributed by atoms with E-state index < -0.39 is 5.17 Å². The predicted molar refractivity (Wildman–Crippen MR) is 44.3 cm³/mol. The molecule has 6 heteroatoms. The van der Waals surface area contributed by atoms with Crippen molar-refractivity contribution < 1.29 is 19.5 Å². The highest BCUT2D eigenvalue weighted by atomic mass is 16.7. The molecule has 0 aromatic carbocycles. The molecule has 0 amide bonds. The second-order valence-electron chi connectivity index (χ2n) is 2.31. The van der Waals surface area contributed by atoms with Crippen LogP contribution >= 0.6 is 0 Å². The Morgan fingerprint density at radius 3 is 2.54 bits per heavy atom. The molecule has 1 heterocycles. The minimum Gasteiger partial charge on any atom is -0.569 e. The van der Waals surface area contributed by atoms with Crippen LogP contribution in [0.5, 0.6) is 0 Å². The van der Waals surface area contributed by atoms with Crippen molar-refractivity contribution in [1.29, 1.82) is 0 Å². The normalized spacial score (nSPS) is 21.8. The molecule has 0 aromatic heterocycles. The number of nitrogens with one attached hydrogen (secondary N) is 1. The molecule has 1 unspecified atom stereocenters. The van der Waals surface area contributed by atoms with Crippen LogP contribution in [0.4, 0.5) is 0 Å². The van der Waals surface area contributed by atoms with Crippen molar-refractivity contribution >= 4 is 5.90 Å². The molecule has 0 fully saturated rings. The first-order valence-electron chi connectivity index (χ1n) is 4.06. The first kappa shape index (κ1) is 9.82. The summed E-state index contributed by atoms with van der Waals surface area (Å²) >= 11 is 0. The van der Waals surface area contributed by atoms with E-state index in [9.17, 15) is 10.4 Å². The number of quaternary nitrogens is 1. The SMILES string of the molecule is CCOC1=C[NH+]([O-])[N+]([O-])=C1OCC. The van der Waals surface area contributed by atoms with Crippen molar-refractivity contribution in [3.63, 3.8) is 0 Å². The van der Waals surface area contributed by atoms with Gasteiger partial charge in [0.2, 0.25) is 6.20 Å². The molecule has 13 heavy (non-hydrogen) atoms. The molecule has 74 valence electrons. The summed E-state index contributed by atoms with van der Waals surface area (Å²) in [7, 11) is 0. The molecule has 0 spiro atoms. The predicted octanol–water partition coefficient (Wildman–Crippen LogP) is -0.879. The van der Waals surface area contributed by atoms with Gasteiger partial charge in [-0.05, 0) is 13.8 Å². The van der Waals surface area contributed by atoms with Crippen molar-refractivity contribution in [3.05, 3.63) is 22.4 Å². The van der Waals surface area contributed by atoms with E-state index in [1.807, 2.05) is 0 Å². The molecule has 1 rings (SSSR count). The lowest BCUT2D eigenvalue weighted by molar-refractivity contribution is -1.25. The average molecular weight is 188 g/mol. The maximum atomic E-state index is 11.1. The molecule has 0 bridgehead atoms. The molecule has 0 saturated heterocycles. The van der Waals surface area contributed by atoms with Gasteiger partial charge in [-0.3, -0.25) is 0 Å². The lowest BCUT2D eigenvalue weighted by Gasteiger charge is -2.08. The van der Waals surface area contributed by atoms with Crippen LogP contribution in [-0.2, 0) is 9.47 Å². The smallest absolute Gasteiger partial charge is 0.481 e. The van der Waals surface area contributed by atoms with E-state index in [0.717, 1.165) is 6.20 Å². The number of nitrogens with zero attached hydrogens (tertiary/aromatic N) is 1. The van der Waals surface area contributed by atoms with Crippen LogP contribution in [0.3, 0.4) is 0 Å². The number of rotatable bonds is 3. The van der Waals surface area contributed by atoms with Gasteiger partial charge in [0, 0.05) is 4.85 Å². The molecule has 0 saturated carbocycles. The lowest BCUT2D eigenvalue weighted by Crippen LogP contribution is -3.05. The Labute approximate surface area is 75.8 Å². The van der Waals surface area contributed by atoms with Gasteiger partial charge in [0.15, 0.2) is 0 Å². The summed E-state index contributed by atoms with van der Waals surface area (Å²) in [5.74, 6) is 0.165. The van der Waals surface area contributed by atoms with Gasteiger partial charge in [0.1, 0.15) is 0 Å². The summed E-state index contributed by atoms with van der Waals surface area (Å²) in [6.45, 7) is 4.21. The topological polar surface area (TPSA) is 72.0 Å². The first-order valence-corrected chi connectivity index (χ1v) is 4.06. The quantitative estimate of drug-likeness (QED) is 0.461. The van der Waals surface area contributed by atoms with Gasteiger partial charge in [-0.15, -0.1) is 0 Å². The van der Waals surface area contributed by atoms with Crippen LogP contribution in [0.2, 0.25) is 0 Å². The van der Waals surface area contributed by atoms with Crippen LogP contribution in [0, 0.1) is 10.4 Å². The second-order valence-corrected chi connectivity index (χ2v) is 2.31. The van der Waals surface area contributed by atoms with E-state index in [1.54, 1.807) is 13.8 Å². The molecule has 1 aliphatic heterocycles. The third-order valence-corrected chi connectivity index (χ3v) is 1.43. The van der Waals surface area contributed by atoms with Crippen molar-refractivity contribution in [3.8, 4) is 0 Å². The Morgan fingerprint density at radius 2 is 2.00 bits per heavy atom. The third kappa shape index (κ3) is 1.90. The lowest BCUT2D eigenvalue weighted by atomic mass is 10.5. The van der Waals surface area contributed by atoms with Gasteiger partial charge in [-0.25, -0.2) is 0 Å². The third-order valence-electron chi connectivity index (χ3n) is 1.43. The summed E-state index contributed by atoms with van der Waals surface area (Å²) in [4.78, 5) is 0.189.